The standard InChI is InChI=1S/C22H23N3O4S/c1-26-19-9-5-8-17(21(19)29-11-10-20-27-12-13-28-20)14-23-25-22-24-18(15-30-22)16-6-3-2-4-7-16/h2-9,14-15,20H,10-13H2,1H3,(H,24,25). The molecule has 1 aliphatic heterocycles. The van der Waals surface area contributed by atoms with E-state index in [-0.39, 0.29) is 6.29 Å². The molecule has 3 aromatic rings. The summed E-state index contributed by atoms with van der Waals surface area (Å²) in [5, 5.41) is 7.04. The van der Waals surface area contributed by atoms with E-state index in [4.69, 9.17) is 18.9 Å². The molecule has 2 aromatic carbocycles. The van der Waals surface area contributed by atoms with Crippen molar-refractivity contribution < 1.29 is 18.9 Å². The molecule has 2 heterocycles. The molecule has 1 aromatic heterocycles. The minimum atomic E-state index is -0.206. The van der Waals surface area contributed by atoms with E-state index in [1.165, 1.54) is 11.3 Å². The first kappa shape index (κ1) is 20.3. The van der Waals surface area contributed by atoms with Crippen LogP contribution in [-0.4, -0.2) is 44.4 Å². The molecule has 0 radical (unpaired) electrons. The van der Waals surface area contributed by atoms with Crippen molar-refractivity contribution in [3.8, 4) is 22.8 Å². The molecule has 0 saturated carbocycles. The van der Waals surface area contributed by atoms with Gasteiger partial charge in [-0.3, -0.25) is 5.43 Å². The number of hydrogen-bond donors (Lipinski definition) is 1. The topological polar surface area (TPSA) is 74.2 Å². The van der Waals surface area contributed by atoms with Gasteiger partial charge in [-0.25, -0.2) is 4.98 Å². The van der Waals surface area contributed by atoms with Gasteiger partial charge < -0.3 is 18.9 Å². The molecule has 0 unspecified atom stereocenters. The second kappa shape index (κ2) is 10.2. The van der Waals surface area contributed by atoms with Gasteiger partial charge in [0.1, 0.15) is 0 Å². The molecule has 0 amide bonds. The molecule has 1 saturated heterocycles. The number of para-hydroxylation sites is 1. The van der Waals surface area contributed by atoms with Crippen LogP contribution in [0.1, 0.15) is 12.0 Å². The summed E-state index contributed by atoms with van der Waals surface area (Å²) in [7, 11) is 1.62. The number of rotatable bonds is 9. The van der Waals surface area contributed by atoms with Crippen LogP contribution < -0.4 is 14.9 Å². The summed E-state index contributed by atoms with van der Waals surface area (Å²) in [6, 6.07) is 15.7. The van der Waals surface area contributed by atoms with Crippen molar-refractivity contribution in [2.75, 3.05) is 32.4 Å². The summed E-state index contributed by atoms with van der Waals surface area (Å²) in [6.07, 6.45) is 2.14. The van der Waals surface area contributed by atoms with Crippen LogP contribution in [0, 0.1) is 0 Å². The van der Waals surface area contributed by atoms with Crippen molar-refractivity contribution in [3.63, 3.8) is 0 Å². The first-order valence-electron chi connectivity index (χ1n) is 9.66. The number of benzene rings is 2. The minimum absolute atomic E-state index is 0.206. The molecule has 1 aliphatic rings. The van der Waals surface area contributed by atoms with E-state index in [0.29, 0.717) is 42.9 Å². The highest BCUT2D eigenvalue weighted by Gasteiger charge is 2.17. The molecule has 0 bridgehead atoms. The Bertz CT molecular complexity index is 972. The van der Waals surface area contributed by atoms with Gasteiger partial charge in [-0.05, 0) is 12.1 Å². The second-order valence-electron chi connectivity index (χ2n) is 6.46. The van der Waals surface area contributed by atoms with Gasteiger partial charge in [-0.1, -0.05) is 36.4 Å². The van der Waals surface area contributed by atoms with Gasteiger partial charge in [0, 0.05) is 22.9 Å². The Morgan fingerprint density at radius 1 is 1.17 bits per heavy atom. The number of hydrogen-bond acceptors (Lipinski definition) is 8. The quantitative estimate of drug-likeness (QED) is 0.404. The summed E-state index contributed by atoms with van der Waals surface area (Å²) in [6.45, 7) is 1.71. The SMILES string of the molecule is COc1cccc(C=NNc2nc(-c3ccccc3)cs2)c1OCCC1OCCO1. The fraction of sp³-hybridized carbons (Fsp3) is 0.273. The molecular weight excluding hydrogens is 402 g/mol. The van der Waals surface area contributed by atoms with Crippen LogP contribution in [0.2, 0.25) is 0 Å². The van der Waals surface area contributed by atoms with Crippen LogP contribution in [-0.2, 0) is 9.47 Å². The van der Waals surface area contributed by atoms with Crippen LogP contribution in [0.5, 0.6) is 11.5 Å². The average molecular weight is 426 g/mol. The fourth-order valence-corrected chi connectivity index (χ4v) is 3.67. The zero-order chi connectivity index (χ0) is 20.6. The summed E-state index contributed by atoms with van der Waals surface area (Å²) >= 11 is 1.50. The highest BCUT2D eigenvalue weighted by Crippen LogP contribution is 2.31. The first-order chi connectivity index (χ1) is 14.8. The predicted molar refractivity (Wildman–Crippen MR) is 118 cm³/mol. The van der Waals surface area contributed by atoms with Crippen molar-refractivity contribution in [2.45, 2.75) is 12.7 Å². The van der Waals surface area contributed by atoms with E-state index in [1.807, 2.05) is 53.9 Å². The zero-order valence-corrected chi connectivity index (χ0v) is 17.4. The lowest BCUT2D eigenvalue weighted by Crippen LogP contribution is -2.13. The van der Waals surface area contributed by atoms with E-state index in [2.05, 4.69) is 15.5 Å². The van der Waals surface area contributed by atoms with Crippen molar-refractivity contribution in [1.29, 1.82) is 0 Å². The van der Waals surface area contributed by atoms with Gasteiger partial charge in [-0.2, -0.15) is 5.10 Å². The van der Waals surface area contributed by atoms with Crippen LogP contribution in [0.4, 0.5) is 5.13 Å². The van der Waals surface area contributed by atoms with Crippen LogP contribution in [0.25, 0.3) is 11.3 Å². The molecule has 156 valence electrons. The minimum Gasteiger partial charge on any atom is -0.493 e. The smallest absolute Gasteiger partial charge is 0.203 e. The van der Waals surface area contributed by atoms with E-state index >= 15 is 0 Å². The predicted octanol–water partition coefficient (Wildman–Crippen LogP) is 4.41. The Morgan fingerprint density at radius 2 is 2.00 bits per heavy atom. The molecule has 8 heteroatoms. The zero-order valence-electron chi connectivity index (χ0n) is 16.6. The fourth-order valence-electron chi connectivity index (χ4n) is 3.00. The van der Waals surface area contributed by atoms with Crippen molar-refractivity contribution >= 4 is 22.7 Å². The van der Waals surface area contributed by atoms with Gasteiger partial charge in [0.2, 0.25) is 5.13 Å². The average Bonchev–Trinajstić information content (AvgIpc) is 3.47. The van der Waals surface area contributed by atoms with Crippen LogP contribution >= 0.6 is 11.3 Å². The van der Waals surface area contributed by atoms with Crippen molar-refractivity contribution in [1.82, 2.24) is 4.98 Å². The monoisotopic (exact) mass is 425 g/mol. The third kappa shape index (κ3) is 5.15. The summed E-state index contributed by atoms with van der Waals surface area (Å²) in [5.74, 6) is 1.28. The Hall–Kier alpha value is -2.94. The highest BCUT2D eigenvalue weighted by atomic mass is 32.1. The number of anilines is 1. The lowest BCUT2D eigenvalue weighted by molar-refractivity contribution is -0.0532. The van der Waals surface area contributed by atoms with Gasteiger partial charge in [0.15, 0.2) is 17.8 Å². The van der Waals surface area contributed by atoms with Gasteiger partial charge in [0.05, 0.1) is 38.8 Å². The van der Waals surface area contributed by atoms with Gasteiger partial charge in [0.25, 0.3) is 0 Å². The van der Waals surface area contributed by atoms with E-state index < -0.39 is 0 Å². The third-order valence-corrected chi connectivity index (χ3v) is 5.20. The Labute approximate surface area is 179 Å². The maximum Gasteiger partial charge on any atom is 0.203 e. The van der Waals surface area contributed by atoms with E-state index in [0.717, 1.165) is 16.8 Å². The molecule has 0 spiro atoms. The Morgan fingerprint density at radius 3 is 2.80 bits per heavy atom. The lowest BCUT2D eigenvalue weighted by atomic mass is 10.2. The summed E-state index contributed by atoms with van der Waals surface area (Å²) < 4.78 is 22.3. The van der Waals surface area contributed by atoms with Crippen LogP contribution in [0.3, 0.4) is 0 Å². The normalized spacial score (nSPS) is 14.3. The van der Waals surface area contributed by atoms with Crippen molar-refractivity contribution in [3.05, 3.63) is 59.5 Å². The Balaban J connectivity index is 1.40. The number of thiazole rings is 1. The Kier molecular flexibility index (Phi) is 6.91. The summed E-state index contributed by atoms with van der Waals surface area (Å²) in [4.78, 5) is 4.57. The lowest BCUT2D eigenvalue weighted by Gasteiger charge is -2.14. The largest absolute Gasteiger partial charge is 0.493 e. The number of nitrogens with one attached hydrogen (secondary N) is 1. The molecule has 7 nitrogen and oxygen atoms in total. The molecule has 4 rings (SSSR count). The second-order valence-corrected chi connectivity index (χ2v) is 7.32. The molecule has 1 fully saturated rings. The van der Waals surface area contributed by atoms with Gasteiger partial charge in [-0.15, -0.1) is 11.3 Å². The highest BCUT2D eigenvalue weighted by molar-refractivity contribution is 7.14. The molecule has 30 heavy (non-hydrogen) atoms. The molecular formula is C22H23N3O4S. The van der Waals surface area contributed by atoms with Gasteiger partial charge >= 0.3 is 0 Å². The molecule has 0 aliphatic carbocycles. The maximum atomic E-state index is 5.97. The third-order valence-electron chi connectivity index (χ3n) is 4.46. The number of aromatic nitrogens is 1. The maximum absolute atomic E-state index is 5.97. The molecule has 0 atom stereocenters. The van der Waals surface area contributed by atoms with Crippen molar-refractivity contribution in [2.24, 2.45) is 5.10 Å². The molecule has 1 N–H and O–H groups in total. The summed E-state index contributed by atoms with van der Waals surface area (Å²) in [5.41, 5.74) is 5.78. The number of methoxy groups -OCH3 is 1. The number of nitrogens with zero attached hydrogens (tertiary/aromatic N) is 2. The van der Waals surface area contributed by atoms with E-state index in [9.17, 15) is 0 Å². The first-order valence-corrected chi connectivity index (χ1v) is 10.5. The van der Waals surface area contributed by atoms with E-state index in [1.54, 1.807) is 13.3 Å². The van der Waals surface area contributed by atoms with Crippen LogP contribution in [0.15, 0.2) is 59.0 Å². The number of ether oxygens (including phenoxy) is 4. The number of hydrazone groups is 1.